The highest BCUT2D eigenvalue weighted by atomic mass is 32.1. The molecule has 0 bridgehead atoms. The van der Waals surface area contributed by atoms with Gasteiger partial charge in [-0.1, -0.05) is 36.3 Å². The molecule has 1 saturated heterocycles. The first kappa shape index (κ1) is 23.2. The van der Waals surface area contributed by atoms with E-state index in [4.69, 9.17) is 4.52 Å². The molecule has 3 heterocycles. The topological polar surface area (TPSA) is 88.3 Å². The van der Waals surface area contributed by atoms with Gasteiger partial charge in [0.05, 0.1) is 33.7 Å². The van der Waals surface area contributed by atoms with Crippen molar-refractivity contribution in [3.8, 4) is 10.4 Å². The number of carbonyl (C=O) groups is 2. The number of hydrogen-bond donors (Lipinski definition) is 1. The second-order valence-electron chi connectivity index (χ2n) is 8.64. The Balaban J connectivity index is 1.42. The summed E-state index contributed by atoms with van der Waals surface area (Å²) in [6.45, 7) is 8.34. The van der Waals surface area contributed by atoms with Gasteiger partial charge in [-0.15, -0.1) is 11.3 Å². The van der Waals surface area contributed by atoms with Gasteiger partial charge < -0.3 is 14.7 Å². The number of nitrogens with zero attached hydrogens (tertiary/aromatic N) is 3. The molecule has 33 heavy (non-hydrogen) atoms. The van der Waals surface area contributed by atoms with Gasteiger partial charge in [-0.3, -0.25) is 9.59 Å². The van der Waals surface area contributed by atoms with Crippen molar-refractivity contribution in [3.63, 3.8) is 0 Å². The van der Waals surface area contributed by atoms with Gasteiger partial charge in [0, 0.05) is 12.6 Å². The summed E-state index contributed by atoms with van der Waals surface area (Å²) in [6.07, 6.45) is 2.08. The van der Waals surface area contributed by atoms with Gasteiger partial charge in [0.15, 0.2) is 0 Å². The highest BCUT2D eigenvalue weighted by Crippen LogP contribution is 2.30. The SMILES string of the molecule is CCC(C(=O)N1CCCC1C(=O)NC(C)c1ccc(-c2scnc2C)cc1)c1cc(C)no1. The van der Waals surface area contributed by atoms with Gasteiger partial charge in [-0.05, 0) is 51.2 Å². The predicted molar refractivity (Wildman–Crippen MR) is 128 cm³/mol. The van der Waals surface area contributed by atoms with Crippen LogP contribution in [0.3, 0.4) is 0 Å². The average molecular weight is 467 g/mol. The van der Waals surface area contributed by atoms with Gasteiger partial charge in [-0.2, -0.15) is 0 Å². The number of rotatable bonds is 7. The predicted octanol–water partition coefficient (Wildman–Crippen LogP) is 4.78. The second kappa shape index (κ2) is 9.87. The van der Waals surface area contributed by atoms with E-state index in [-0.39, 0.29) is 17.9 Å². The van der Waals surface area contributed by atoms with E-state index in [0.29, 0.717) is 25.1 Å². The summed E-state index contributed by atoms with van der Waals surface area (Å²) in [4.78, 5) is 33.6. The van der Waals surface area contributed by atoms with Crippen LogP contribution in [0.25, 0.3) is 10.4 Å². The summed E-state index contributed by atoms with van der Waals surface area (Å²) in [5.74, 6) is -0.0296. The number of likely N-dealkylation sites (tertiary alicyclic amines) is 1. The van der Waals surface area contributed by atoms with Crippen LogP contribution in [0.1, 0.15) is 67.8 Å². The Morgan fingerprint density at radius 1 is 1.27 bits per heavy atom. The maximum absolute atomic E-state index is 13.3. The lowest BCUT2D eigenvalue weighted by Gasteiger charge is -2.28. The Kier molecular flexibility index (Phi) is 6.93. The smallest absolute Gasteiger partial charge is 0.243 e. The third-order valence-electron chi connectivity index (χ3n) is 6.31. The zero-order valence-electron chi connectivity index (χ0n) is 19.5. The van der Waals surface area contributed by atoms with Crippen LogP contribution in [0, 0.1) is 13.8 Å². The Morgan fingerprint density at radius 2 is 2.03 bits per heavy atom. The molecule has 2 aromatic heterocycles. The molecule has 0 radical (unpaired) electrons. The van der Waals surface area contributed by atoms with Crippen molar-refractivity contribution in [1.82, 2.24) is 20.4 Å². The molecule has 7 nitrogen and oxygen atoms in total. The first-order valence-electron chi connectivity index (χ1n) is 11.4. The molecule has 0 spiro atoms. The second-order valence-corrected chi connectivity index (χ2v) is 9.50. The number of nitrogens with one attached hydrogen (secondary N) is 1. The molecule has 8 heteroatoms. The number of aromatic nitrogens is 2. The Hall–Kier alpha value is -3.00. The minimum Gasteiger partial charge on any atom is -0.360 e. The summed E-state index contributed by atoms with van der Waals surface area (Å²) in [5, 5.41) is 7.03. The number of carbonyl (C=O) groups excluding carboxylic acids is 2. The van der Waals surface area contributed by atoms with Crippen LogP contribution in [0.2, 0.25) is 0 Å². The average Bonchev–Trinajstić information content (AvgIpc) is 3.55. The molecule has 1 aliphatic rings. The van der Waals surface area contributed by atoms with Crippen LogP contribution in [-0.4, -0.2) is 39.4 Å². The van der Waals surface area contributed by atoms with E-state index in [9.17, 15) is 9.59 Å². The van der Waals surface area contributed by atoms with E-state index in [2.05, 4.69) is 27.6 Å². The van der Waals surface area contributed by atoms with Crippen LogP contribution in [0.15, 0.2) is 40.4 Å². The maximum atomic E-state index is 13.3. The fourth-order valence-electron chi connectivity index (χ4n) is 4.44. The van der Waals surface area contributed by atoms with Crippen molar-refractivity contribution in [2.75, 3.05) is 6.54 Å². The van der Waals surface area contributed by atoms with Crippen LogP contribution in [0.5, 0.6) is 0 Å². The van der Waals surface area contributed by atoms with Crippen molar-refractivity contribution in [1.29, 1.82) is 0 Å². The quantitative estimate of drug-likeness (QED) is 0.541. The summed E-state index contributed by atoms with van der Waals surface area (Å²) in [6, 6.07) is 9.39. The zero-order chi connectivity index (χ0) is 23.5. The van der Waals surface area contributed by atoms with Crippen LogP contribution < -0.4 is 5.32 Å². The van der Waals surface area contributed by atoms with E-state index in [1.165, 1.54) is 0 Å². The van der Waals surface area contributed by atoms with Gasteiger partial charge in [-0.25, -0.2) is 4.98 Å². The molecule has 174 valence electrons. The third kappa shape index (κ3) is 4.85. The molecular weight excluding hydrogens is 436 g/mol. The number of aryl methyl sites for hydroxylation is 2. The molecule has 4 rings (SSSR count). The molecule has 1 fully saturated rings. The van der Waals surface area contributed by atoms with Crippen LogP contribution >= 0.6 is 11.3 Å². The van der Waals surface area contributed by atoms with Crippen molar-refractivity contribution in [2.24, 2.45) is 0 Å². The fraction of sp³-hybridized carbons (Fsp3) is 0.440. The molecule has 1 N–H and O–H groups in total. The Morgan fingerprint density at radius 3 is 2.64 bits per heavy atom. The zero-order valence-corrected chi connectivity index (χ0v) is 20.3. The van der Waals surface area contributed by atoms with Crippen LogP contribution in [0.4, 0.5) is 0 Å². The van der Waals surface area contributed by atoms with Crippen molar-refractivity contribution >= 4 is 23.2 Å². The van der Waals surface area contributed by atoms with Gasteiger partial charge >= 0.3 is 0 Å². The molecule has 3 unspecified atom stereocenters. The first-order valence-corrected chi connectivity index (χ1v) is 12.3. The van der Waals surface area contributed by atoms with Gasteiger partial charge in [0.1, 0.15) is 11.8 Å². The molecule has 0 saturated carbocycles. The van der Waals surface area contributed by atoms with Crippen molar-refractivity contribution in [3.05, 3.63) is 58.6 Å². The lowest BCUT2D eigenvalue weighted by Crippen LogP contribution is -2.47. The van der Waals surface area contributed by atoms with Gasteiger partial charge in [0.2, 0.25) is 11.8 Å². The Bertz CT molecular complexity index is 1120. The fourth-order valence-corrected chi connectivity index (χ4v) is 5.25. The summed E-state index contributed by atoms with van der Waals surface area (Å²) in [7, 11) is 0. The molecule has 3 aromatic rings. The number of thiazole rings is 1. The Labute approximate surface area is 198 Å². The van der Waals surface area contributed by atoms with Crippen molar-refractivity contribution < 1.29 is 14.1 Å². The van der Waals surface area contributed by atoms with Crippen LogP contribution in [-0.2, 0) is 9.59 Å². The monoisotopic (exact) mass is 466 g/mol. The minimum absolute atomic E-state index is 0.0665. The largest absolute Gasteiger partial charge is 0.360 e. The number of hydrogen-bond acceptors (Lipinski definition) is 6. The highest BCUT2D eigenvalue weighted by molar-refractivity contribution is 7.13. The summed E-state index contributed by atoms with van der Waals surface area (Å²) in [5.41, 5.74) is 5.76. The highest BCUT2D eigenvalue weighted by Gasteiger charge is 2.38. The molecule has 1 aromatic carbocycles. The van der Waals surface area contributed by atoms with E-state index in [1.54, 1.807) is 22.3 Å². The molecule has 2 amide bonds. The first-order chi connectivity index (χ1) is 15.9. The summed E-state index contributed by atoms with van der Waals surface area (Å²) < 4.78 is 5.36. The van der Waals surface area contributed by atoms with E-state index in [0.717, 1.165) is 33.8 Å². The van der Waals surface area contributed by atoms with Crippen molar-refractivity contribution in [2.45, 2.75) is 65.0 Å². The molecular formula is C25H30N4O3S. The maximum Gasteiger partial charge on any atom is 0.243 e. The number of amides is 2. The van der Waals surface area contributed by atoms with E-state index in [1.807, 2.05) is 45.3 Å². The van der Waals surface area contributed by atoms with E-state index < -0.39 is 12.0 Å². The standard InChI is InChI=1S/C25H30N4O3S/c1-5-20(22-13-15(2)28-32-22)25(31)29-12-6-7-21(29)24(30)27-16(3)18-8-10-19(11-9-18)23-17(4)26-14-33-23/h8-11,13-14,16,20-21H,5-7,12H2,1-4H3,(H,27,30). The number of benzene rings is 1. The lowest BCUT2D eigenvalue weighted by atomic mass is 10.0. The molecule has 0 aliphatic carbocycles. The molecule has 1 aliphatic heterocycles. The normalized spacial score (nSPS) is 17.7. The summed E-state index contributed by atoms with van der Waals surface area (Å²) >= 11 is 1.62. The minimum atomic E-state index is -0.461. The molecule has 3 atom stereocenters. The van der Waals surface area contributed by atoms with Gasteiger partial charge in [0.25, 0.3) is 0 Å². The lowest BCUT2D eigenvalue weighted by molar-refractivity contribution is -0.140. The van der Waals surface area contributed by atoms with E-state index >= 15 is 0 Å². The third-order valence-corrected chi connectivity index (χ3v) is 7.29.